The van der Waals surface area contributed by atoms with E-state index in [4.69, 9.17) is 0 Å². The molecule has 2 rings (SSSR count). The minimum Gasteiger partial charge on any atom is -0.245 e. The molecule has 0 saturated carbocycles. The van der Waals surface area contributed by atoms with Crippen LogP contribution in [0.4, 0.5) is 9.18 Å². The van der Waals surface area contributed by atoms with Crippen LogP contribution in [0, 0.1) is 5.82 Å². The monoisotopic (exact) mass is 286 g/mol. The van der Waals surface area contributed by atoms with E-state index in [1.54, 1.807) is 6.92 Å². The van der Waals surface area contributed by atoms with Gasteiger partial charge in [0, 0.05) is 0 Å². The fourth-order valence-electron chi connectivity index (χ4n) is 1.42. The second-order valence-electron chi connectivity index (χ2n) is 3.90. The predicted molar refractivity (Wildman–Crippen MR) is 65.1 cm³/mol. The lowest BCUT2D eigenvalue weighted by Crippen LogP contribution is -2.54. The fourth-order valence-corrected chi connectivity index (χ4v) is 2.46. The van der Waals surface area contributed by atoms with E-state index in [-0.39, 0.29) is 11.4 Å². The van der Waals surface area contributed by atoms with Crippen LogP contribution in [0.5, 0.6) is 0 Å². The van der Waals surface area contributed by atoms with Crippen LogP contribution in [-0.2, 0) is 10.0 Å². The van der Waals surface area contributed by atoms with E-state index >= 15 is 0 Å². The van der Waals surface area contributed by atoms with Crippen LogP contribution >= 0.6 is 0 Å². The number of amides is 2. The van der Waals surface area contributed by atoms with Gasteiger partial charge in [-0.05, 0) is 31.2 Å². The molecule has 102 valence electrons. The summed E-state index contributed by atoms with van der Waals surface area (Å²) in [6.45, 7) is 1.67. The second kappa shape index (κ2) is 4.94. The van der Waals surface area contributed by atoms with Crippen LogP contribution in [0.2, 0.25) is 0 Å². The zero-order chi connectivity index (χ0) is 14.0. The highest BCUT2D eigenvalue weighted by Crippen LogP contribution is 2.10. The van der Waals surface area contributed by atoms with Gasteiger partial charge in [0.2, 0.25) is 0 Å². The number of halogens is 1. The topological polar surface area (TPSA) is 90.9 Å². The molecule has 1 aromatic carbocycles. The third-order valence-corrected chi connectivity index (χ3v) is 3.68. The zero-order valence-electron chi connectivity index (χ0n) is 9.92. The Hall–Kier alpha value is -2.00. The van der Waals surface area contributed by atoms with Crippen molar-refractivity contribution in [3.63, 3.8) is 0 Å². The molecule has 0 saturated heterocycles. The third-order valence-electron chi connectivity index (χ3n) is 2.33. The highest BCUT2D eigenvalue weighted by Gasteiger charge is 2.25. The molecule has 0 aliphatic carbocycles. The molecule has 0 radical (unpaired) electrons. The summed E-state index contributed by atoms with van der Waals surface area (Å²) >= 11 is 0. The quantitative estimate of drug-likeness (QED) is 0.843. The molecule has 0 unspecified atom stereocenters. The number of sulfonamides is 1. The average molecular weight is 286 g/mol. The number of hydrazone groups is 1. The zero-order valence-corrected chi connectivity index (χ0v) is 10.7. The van der Waals surface area contributed by atoms with Gasteiger partial charge in [-0.2, -0.15) is 5.10 Å². The SMILES string of the molecule is CC1=NNC(=O)N(NS(=O)(=O)c2ccc(F)cc2)C1. The lowest BCUT2D eigenvalue weighted by Gasteiger charge is -2.25. The maximum atomic E-state index is 12.7. The number of carbonyl (C=O) groups is 1. The summed E-state index contributed by atoms with van der Waals surface area (Å²) in [4.78, 5) is 13.4. The number of nitrogens with one attached hydrogen (secondary N) is 2. The summed E-state index contributed by atoms with van der Waals surface area (Å²) in [5.74, 6) is -0.544. The van der Waals surface area contributed by atoms with Crippen molar-refractivity contribution in [2.45, 2.75) is 11.8 Å². The average Bonchev–Trinajstić information content (AvgIpc) is 2.34. The van der Waals surface area contributed by atoms with Crippen molar-refractivity contribution >= 4 is 21.8 Å². The van der Waals surface area contributed by atoms with Gasteiger partial charge < -0.3 is 0 Å². The van der Waals surface area contributed by atoms with Gasteiger partial charge >= 0.3 is 6.03 Å². The van der Waals surface area contributed by atoms with Gasteiger partial charge in [0.15, 0.2) is 0 Å². The van der Waals surface area contributed by atoms with Crippen LogP contribution in [-0.4, -0.2) is 31.7 Å². The van der Waals surface area contributed by atoms with E-state index < -0.39 is 21.9 Å². The van der Waals surface area contributed by atoms with Crippen molar-refractivity contribution in [1.82, 2.24) is 15.3 Å². The number of rotatable bonds is 3. The fraction of sp³-hybridized carbons (Fsp3) is 0.200. The van der Waals surface area contributed by atoms with Crippen molar-refractivity contribution < 1.29 is 17.6 Å². The van der Waals surface area contributed by atoms with Crippen molar-refractivity contribution in [2.75, 3.05) is 6.54 Å². The van der Waals surface area contributed by atoms with Crippen LogP contribution in [0.25, 0.3) is 0 Å². The van der Waals surface area contributed by atoms with E-state index in [0.29, 0.717) is 5.71 Å². The molecule has 1 aliphatic rings. The van der Waals surface area contributed by atoms with E-state index in [2.05, 4.69) is 15.4 Å². The molecule has 0 fully saturated rings. The molecule has 1 aromatic rings. The third kappa shape index (κ3) is 3.06. The molecule has 0 aromatic heterocycles. The van der Waals surface area contributed by atoms with E-state index in [1.165, 1.54) is 0 Å². The number of hydrogen-bond acceptors (Lipinski definition) is 4. The maximum Gasteiger partial charge on any atom is 0.353 e. The highest BCUT2D eigenvalue weighted by molar-refractivity contribution is 7.89. The number of urea groups is 1. The lowest BCUT2D eigenvalue weighted by molar-refractivity contribution is 0.193. The first-order valence-corrected chi connectivity index (χ1v) is 6.75. The highest BCUT2D eigenvalue weighted by atomic mass is 32.2. The molecule has 2 N–H and O–H groups in total. The summed E-state index contributed by atoms with van der Waals surface area (Å²) in [7, 11) is -3.94. The molecule has 1 aliphatic heterocycles. The molecule has 0 spiro atoms. The van der Waals surface area contributed by atoms with Crippen molar-refractivity contribution in [3.05, 3.63) is 30.1 Å². The Morgan fingerprint density at radius 2 is 2.00 bits per heavy atom. The summed E-state index contributed by atoms with van der Waals surface area (Å²) in [5, 5.41) is 4.54. The predicted octanol–water partition coefficient (Wildman–Crippen LogP) is 0.420. The van der Waals surface area contributed by atoms with Crippen LogP contribution in [0.1, 0.15) is 6.92 Å². The molecule has 7 nitrogen and oxygen atoms in total. The Labute approximate surface area is 109 Å². The summed E-state index contributed by atoms with van der Waals surface area (Å²) in [6.07, 6.45) is 0. The number of carbonyl (C=O) groups excluding carboxylic acids is 1. The van der Waals surface area contributed by atoms with E-state index in [0.717, 1.165) is 29.3 Å². The van der Waals surface area contributed by atoms with Gasteiger partial charge in [0.1, 0.15) is 5.82 Å². The van der Waals surface area contributed by atoms with Crippen LogP contribution < -0.4 is 10.3 Å². The molecule has 1 heterocycles. The summed E-state index contributed by atoms with van der Waals surface area (Å²) in [5.41, 5.74) is 2.70. The van der Waals surface area contributed by atoms with Gasteiger partial charge in [-0.3, -0.25) is 0 Å². The maximum absolute atomic E-state index is 12.7. The number of hydrogen-bond donors (Lipinski definition) is 2. The lowest BCUT2D eigenvalue weighted by atomic mass is 10.4. The van der Waals surface area contributed by atoms with E-state index in [1.807, 2.05) is 0 Å². The molecular formula is C10H11FN4O3S. The Kier molecular flexibility index (Phi) is 3.49. The Morgan fingerprint density at radius 3 is 2.63 bits per heavy atom. The van der Waals surface area contributed by atoms with Crippen LogP contribution in [0.3, 0.4) is 0 Å². The summed E-state index contributed by atoms with van der Waals surface area (Å²) < 4.78 is 36.7. The standard InChI is InChI=1S/C10H11FN4O3S/c1-7-6-15(10(16)13-12-7)14-19(17,18)9-4-2-8(11)3-5-9/h2-5,14H,6H2,1H3,(H,13,16). The normalized spacial score (nSPS) is 16.0. The Balaban J connectivity index is 2.20. The van der Waals surface area contributed by atoms with Gasteiger partial charge in [0.25, 0.3) is 10.0 Å². The van der Waals surface area contributed by atoms with Crippen molar-refractivity contribution in [2.24, 2.45) is 5.10 Å². The first-order valence-electron chi connectivity index (χ1n) is 5.27. The van der Waals surface area contributed by atoms with Gasteiger partial charge in [-0.15, -0.1) is 4.83 Å². The van der Waals surface area contributed by atoms with E-state index in [9.17, 15) is 17.6 Å². The minimum atomic E-state index is -3.94. The van der Waals surface area contributed by atoms with Gasteiger partial charge in [0.05, 0.1) is 17.2 Å². The smallest absolute Gasteiger partial charge is 0.245 e. The Bertz CT molecular complexity index is 627. The Morgan fingerprint density at radius 1 is 1.37 bits per heavy atom. The first kappa shape index (κ1) is 13.4. The number of benzene rings is 1. The summed E-state index contributed by atoms with van der Waals surface area (Å²) in [6, 6.07) is 3.59. The molecule has 9 heteroatoms. The molecule has 0 bridgehead atoms. The van der Waals surface area contributed by atoms with Gasteiger partial charge in [-0.25, -0.2) is 28.0 Å². The van der Waals surface area contributed by atoms with Crippen molar-refractivity contribution in [1.29, 1.82) is 0 Å². The molecule has 19 heavy (non-hydrogen) atoms. The minimum absolute atomic E-state index is 0.0340. The molecule has 2 amide bonds. The van der Waals surface area contributed by atoms with Crippen LogP contribution in [0.15, 0.2) is 34.3 Å². The first-order chi connectivity index (χ1) is 8.88. The number of hydrazine groups is 1. The van der Waals surface area contributed by atoms with Gasteiger partial charge in [-0.1, -0.05) is 0 Å². The largest absolute Gasteiger partial charge is 0.353 e. The molecular weight excluding hydrogens is 275 g/mol. The van der Waals surface area contributed by atoms with Crippen molar-refractivity contribution in [3.8, 4) is 0 Å². The second-order valence-corrected chi connectivity index (χ2v) is 5.56. The molecule has 0 atom stereocenters. The number of nitrogens with zero attached hydrogens (tertiary/aromatic N) is 2.